The number of carbonyl (C=O) groups excluding carboxylic acids is 1. The maximum Gasteiger partial charge on any atom is 0.329 e. The number of benzene rings is 1. The lowest BCUT2D eigenvalue weighted by atomic mass is 9.75. The van der Waals surface area contributed by atoms with Gasteiger partial charge in [0.05, 0.1) is 13.2 Å². The maximum absolute atomic E-state index is 12.8. The Morgan fingerprint density at radius 1 is 1.33 bits per heavy atom. The molecule has 4 heterocycles. The number of piperidine rings is 1. The number of allylic oxidation sites excluding steroid dienone is 1. The molecule has 3 atom stereocenters. The van der Waals surface area contributed by atoms with Crippen molar-refractivity contribution in [3.05, 3.63) is 47.2 Å². The van der Waals surface area contributed by atoms with Gasteiger partial charge in [0, 0.05) is 35.6 Å². The number of rotatable bonds is 1. The Labute approximate surface area is 141 Å². The summed E-state index contributed by atoms with van der Waals surface area (Å²) >= 11 is 0. The molecular formula is C20H22N2O2. The van der Waals surface area contributed by atoms with E-state index in [2.05, 4.69) is 46.7 Å². The molecule has 1 aromatic carbocycles. The summed E-state index contributed by atoms with van der Waals surface area (Å²) < 4.78 is 7.54. The van der Waals surface area contributed by atoms with E-state index in [1.807, 2.05) is 0 Å². The first kappa shape index (κ1) is 14.3. The summed E-state index contributed by atoms with van der Waals surface area (Å²) in [4.78, 5) is 15.4. The lowest BCUT2D eigenvalue weighted by Gasteiger charge is -2.50. The van der Waals surface area contributed by atoms with Gasteiger partial charge in [-0.15, -0.1) is 0 Å². The molecule has 1 fully saturated rings. The number of hydrogen-bond donors (Lipinski definition) is 0. The SMILES string of the molecule is CC=C1CN2CCc3c4n(c5ccccc35)[C@@H](C(=O)OC)[C@H]1C[C@@H]42. The van der Waals surface area contributed by atoms with Crippen LogP contribution in [0.25, 0.3) is 10.9 Å². The van der Waals surface area contributed by atoms with Gasteiger partial charge < -0.3 is 9.30 Å². The number of ether oxygens (including phenoxy) is 1. The first-order chi connectivity index (χ1) is 11.7. The van der Waals surface area contributed by atoms with E-state index in [-0.39, 0.29) is 17.9 Å². The lowest BCUT2D eigenvalue weighted by Crippen LogP contribution is -2.50. The van der Waals surface area contributed by atoms with E-state index in [9.17, 15) is 4.79 Å². The molecule has 2 bridgehead atoms. The monoisotopic (exact) mass is 322 g/mol. The second kappa shape index (κ2) is 4.96. The Bertz CT molecular complexity index is 879. The van der Waals surface area contributed by atoms with Crippen LogP contribution in [-0.4, -0.2) is 35.6 Å². The third-order valence-corrected chi connectivity index (χ3v) is 6.27. The molecule has 0 spiro atoms. The molecule has 1 aromatic heterocycles. The summed E-state index contributed by atoms with van der Waals surface area (Å²) in [5.74, 6) is 0.137. The fourth-order valence-electron chi connectivity index (χ4n) is 5.26. The van der Waals surface area contributed by atoms with Gasteiger partial charge in [0.25, 0.3) is 0 Å². The Morgan fingerprint density at radius 3 is 2.96 bits per heavy atom. The molecule has 0 amide bonds. The minimum atomic E-state index is -0.230. The lowest BCUT2D eigenvalue weighted by molar-refractivity contribution is -0.147. The Balaban J connectivity index is 1.86. The van der Waals surface area contributed by atoms with Gasteiger partial charge in [-0.3, -0.25) is 4.90 Å². The minimum absolute atomic E-state index is 0.111. The highest BCUT2D eigenvalue weighted by Crippen LogP contribution is 2.53. The van der Waals surface area contributed by atoms with Crippen LogP contribution in [0.5, 0.6) is 0 Å². The number of fused-ring (bicyclic) bond motifs is 4. The standard InChI is InChI=1S/C20H22N2O2/c1-3-12-11-21-9-8-14-13-6-4-5-7-16(13)22-18(14)17(21)10-15(12)19(22)20(23)24-2/h3-7,15,17,19H,8-11H2,1-2H3/t15-,17-,19+/m0/s1. The molecular weight excluding hydrogens is 300 g/mol. The van der Waals surface area contributed by atoms with Crippen molar-refractivity contribution in [1.82, 2.24) is 9.47 Å². The topological polar surface area (TPSA) is 34.5 Å². The van der Waals surface area contributed by atoms with Gasteiger partial charge >= 0.3 is 5.97 Å². The molecule has 3 aliphatic heterocycles. The zero-order valence-corrected chi connectivity index (χ0v) is 14.2. The van der Waals surface area contributed by atoms with Gasteiger partial charge in [-0.1, -0.05) is 29.8 Å². The number of hydrogen-bond acceptors (Lipinski definition) is 3. The Hall–Kier alpha value is -2.07. The average Bonchev–Trinajstić information content (AvgIpc) is 2.96. The van der Waals surface area contributed by atoms with E-state index in [1.54, 1.807) is 0 Å². The minimum Gasteiger partial charge on any atom is -0.467 e. The molecule has 5 rings (SSSR count). The van der Waals surface area contributed by atoms with Gasteiger partial charge in [-0.05, 0) is 31.4 Å². The second-order valence-electron chi connectivity index (χ2n) is 7.16. The molecule has 4 heteroatoms. The maximum atomic E-state index is 12.8. The van der Waals surface area contributed by atoms with Crippen LogP contribution in [0.1, 0.15) is 36.7 Å². The molecule has 3 aliphatic rings. The Kier molecular flexibility index (Phi) is 2.95. The van der Waals surface area contributed by atoms with Crippen LogP contribution in [0, 0.1) is 5.92 Å². The van der Waals surface area contributed by atoms with Crippen molar-refractivity contribution in [3.63, 3.8) is 0 Å². The van der Waals surface area contributed by atoms with Crippen molar-refractivity contribution in [2.24, 2.45) is 5.92 Å². The number of nitrogens with zero attached hydrogens (tertiary/aromatic N) is 2. The highest BCUT2D eigenvalue weighted by Gasteiger charge is 2.49. The zero-order valence-electron chi connectivity index (χ0n) is 14.2. The van der Waals surface area contributed by atoms with Crippen molar-refractivity contribution in [1.29, 1.82) is 0 Å². The summed E-state index contributed by atoms with van der Waals surface area (Å²) in [7, 11) is 1.51. The van der Waals surface area contributed by atoms with Crippen LogP contribution in [0.4, 0.5) is 0 Å². The molecule has 24 heavy (non-hydrogen) atoms. The fraction of sp³-hybridized carbons (Fsp3) is 0.450. The summed E-state index contributed by atoms with van der Waals surface area (Å²) in [6, 6.07) is 8.75. The highest BCUT2D eigenvalue weighted by atomic mass is 16.5. The third kappa shape index (κ3) is 1.64. The molecule has 1 saturated heterocycles. The highest BCUT2D eigenvalue weighted by molar-refractivity contribution is 5.89. The normalized spacial score (nSPS) is 29.9. The molecule has 0 radical (unpaired) electrons. The molecule has 0 N–H and O–H groups in total. The number of methoxy groups -OCH3 is 1. The van der Waals surface area contributed by atoms with Crippen LogP contribution >= 0.6 is 0 Å². The van der Waals surface area contributed by atoms with E-state index in [0.29, 0.717) is 6.04 Å². The molecule has 2 aromatic rings. The van der Waals surface area contributed by atoms with E-state index in [1.165, 1.54) is 34.8 Å². The van der Waals surface area contributed by atoms with Crippen LogP contribution in [0.3, 0.4) is 0 Å². The second-order valence-corrected chi connectivity index (χ2v) is 7.16. The van der Waals surface area contributed by atoms with E-state index in [4.69, 9.17) is 4.74 Å². The van der Waals surface area contributed by atoms with E-state index in [0.717, 1.165) is 25.9 Å². The first-order valence-electron chi connectivity index (χ1n) is 8.83. The van der Waals surface area contributed by atoms with Crippen LogP contribution in [0.2, 0.25) is 0 Å². The van der Waals surface area contributed by atoms with Gasteiger partial charge in [0.15, 0.2) is 0 Å². The molecule has 4 nitrogen and oxygen atoms in total. The number of aromatic nitrogens is 1. The van der Waals surface area contributed by atoms with Crippen molar-refractivity contribution < 1.29 is 9.53 Å². The molecule has 124 valence electrons. The van der Waals surface area contributed by atoms with E-state index < -0.39 is 0 Å². The van der Waals surface area contributed by atoms with Crippen LogP contribution < -0.4 is 0 Å². The predicted octanol–water partition coefficient (Wildman–Crippen LogP) is 3.23. The van der Waals surface area contributed by atoms with E-state index >= 15 is 0 Å². The van der Waals surface area contributed by atoms with Crippen molar-refractivity contribution in [2.75, 3.05) is 20.2 Å². The quantitative estimate of drug-likeness (QED) is 0.597. The fourth-order valence-corrected chi connectivity index (χ4v) is 5.26. The number of para-hydroxylation sites is 1. The molecule has 0 saturated carbocycles. The largest absolute Gasteiger partial charge is 0.467 e. The van der Waals surface area contributed by atoms with Crippen LogP contribution in [-0.2, 0) is 16.0 Å². The van der Waals surface area contributed by atoms with Crippen molar-refractivity contribution >= 4 is 16.9 Å². The smallest absolute Gasteiger partial charge is 0.329 e. The summed E-state index contributed by atoms with van der Waals surface area (Å²) in [6.45, 7) is 4.20. The number of carbonyl (C=O) groups is 1. The third-order valence-electron chi connectivity index (χ3n) is 6.27. The summed E-state index contributed by atoms with van der Waals surface area (Å²) in [6.07, 6.45) is 4.31. The van der Waals surface area contributed by atoms with Gasteiger partial charge in [-0.2, -0.15) is 0 Å². The molecule has 0 aliphatic carbocycles. The van der Waals surface area contributed by atoms with Gasteiger partial charge in [0.2, 0.25) is 0 Å². The van der Waals surface area contributed by atoms with Crippen molar-refractivity contribution in [3.8, 4) is 0 Å². The average molecular weight is 322 g/mol. The Morgan fingerprint density at radius 2 is 2.17 bits per heavy atom. The first-order valence-corrected chi connectivity index (χ1v) is 8.83. The zero-order chi connectivity index (χ0) is 16.4. The number of esters is 1. The molecule has 0 unspecified atom stereocenters. The summed E-state index contributed by atoms with van der Waals surface area (Å²) in [5.41, 5.74) is 5.38. The van der Waals surface area contributed by atoms with Gasteiger partial charge in [0.1, 0.15) is 6.04 Å². The van der Waals surface area contributed by atoms with Crippen molar-refractivity contribution in [2.45, 2.75) is 31.8 Å². The van der Waals surface area contributed by atoms with Gasteiger partial charge in [-0.25, -0.2) is 4.79 Å². The van der Waals surface area contributed by atoms with Crippen LogP contribution in [0.15, 0.2) is 35.9 Å². The summed E-state index contributed by atoms with van der Waals surface area (Å²) in [5, 5.41) is 1.32. The predicted molar refractivity (Wildman–Crippen MR) is 92.9 cm³/mol.